The van der Waals surface area contributed by atoms with Crippen LogP contribution in [-0.2, 0) is 16.1 Å². The highest BCUT2D eigenvalue weighted by molar-refractivity contribution is 6.05. The number of hydrogen-bond acceptors (Lipinski definition) is 4. The fraction of sp³-hybridized carbons (Fsp3) is 0.360. The molecule has 166 valence electrons. The number of benzene rings is 2. The van der Waals surface area contributed by atoms with Gasteiger partial charge < -0.3 is 21.7 Å². The van der Waals surface area contributed by atoms with Crippen LogP contribution >= 0.6 is 0 Å². The molecule has 0 atom stereocenters. The van der Waals surface area contributed by atoms with Crippen LogP contribution in [0.4, 0.5) is 15.8 Å². The van der Waals surface area contributed by atoms with E-state index in [1.165, 1.54) is 6.07 Å². The Hall–Kier alpha value is -3.03. The Kier molecular flexibility index (Phi) is 5.10. The van der Waals surface area contributed by atoms with Gasteiger partial charge in [0.2, 0.25) is 11.8 Å². The van der Waals surface area contributed by atoms with Crippen molar-refractivity contribution in [1.29, 1.82) is 0 Å². The quantitative estimate of drug-likeness (QED) is 0.560. The molecule has 3 aliphatic carbocycles. The van der Waals surface area contributed by atoms with Crippen LogP contribution in [0.3, 0.4) is 0 Å². The molecule has 2 aromatic carbocycles. The van der Waals surface area contributed by atoms with Gasteiger partial charge in [-0.15, -0.1) is 0 Å². The molecule has 2 bridgehead atoms. The van der Waals surface area contributed by atoms with Crippen molar-refractivity contribution in [1.82, 2.24) is 5.32 Å². The smallest absolute Gasteiger partial charge is 0.230 e. The summed E-state index contributed by atoms with van der Waals surface area (Å²) in [5.74, 6) is -0.694. The molecule has 3 saturated carbocycles. The van der Waals surface area contributed by atoms with Crippen LogP contribution < -0.4 is 21.7 Å². The molecule has 1 heterocycles. The molecule has 0 aromatic heterocycles. The maximum Gasteiger partial charge on any atom is 0.230 e. The van der Waals surface area contributed by atoms with Crippen molar-refractivity contribution in [3.63, 3.8) is 0 Å². The fourth-order valence-electron chi connectivity index (χ4n) is 5.21. The van der Waals surface area contributed by atoms with Crippen LogP contribution in [-0.4, -0.2) is 24.9 Å². The SMILES string of the molecule is NCc1ccc(NC(=O)C23CC(C(=O)Nc4ccc(C5=CCNCC5)cc4F)(C2)C3)cc1. The number of carbonyl (C=O) groups is 2. The topological polar surface area (TPSA) is 96.2 Å². The summed E-state index contributed by atoms with van der Waals surface area (Å²) in [4.78, 5) is 25.6. The number of carbonyl (C=O) groups excluding carboxylic acids is 2. The minimum atomic E-state index is -0.566. The maximum atomic E-state index is 14.7. The normalized spacial score (nSPS) is 25.8. The predicted octanol–water partition coefficient (Wildman–Crippen LogP) is 3.41. The summed E-state index contributed by atoms with van der Waals surface area (Å²) in [6.45, 7) is 2.11. The van der Waals surface area contributed by atoms with Crippen molar-refractivity contribution in [2.75, 3.05) is 23.7 Å². The minimum Gasteiger partial charge on any atom is -0.326 e. The molecule has 6 rings (SSSR count). The van der Waals surface area contributed by atoms with E-state index in [4.69, 9.17) is 5.73 Å². The summed E-state index contributed by atoms with van der Waals surface area (Å²) in [5.41, 5.74) is 8.42. The summed E-state index contributed by atoms with van der Waals surface area (Å²) in [6, 6.07) is 12.4. The van der Waals surface area contributed by atoms with Gasteiger partial charge in [-0.1, -0.05) is 24.3 Å². The summed E-state index contributed by atoms with van der Waals surface area (Å²) in [5, 5.41) is 8.93. The first-order valence-electron chi connectivity index (χ1n) is 11.0. The second-order valence-corrected chi connectivity index (χ2v) is 9.28. The van der Waals surface area contributed by atoms with Crippen molar-refractivity contribution in [2.45, 2.75) is 32.2 Å². The average molecular weight is 435 g/mol. The summed E-state index contributed by atoms with van der Waals surface area (Å²) in [6.07, 6.45) is 4.42. The van der Waals surface area contributed by atoms with Gasteiger partial charge >= 0.3 is 0 Å². The van der Waals surface area contributed by atoms with Crippen molar-refractivity contribution in [2.24, 2.45) is 16.6 Å². The lowest BCUT2D eigenvalue weighted by molar-refractivity contribution is -0.201. The third-order valence-corrected chi connectivity index (χ3v) is 7.09. The van der Waals surface area contributed by atoms with E-state index < -0.39 is 16.6 Å². The van der Waals surface area contributed by atoms with Gasteiger partial charge in [-0.25, -0.2) is 4.39 Å². The van der Waals surface area contributed by atoms with Gasteiger partial charge in [0.15, 0.2) is 0 Å². The standard InChI is InChI=1S/C25H27FN4O2/c26-20-11-18(17-7-9-28-10-8-17)3-6-21(20)30-23(32)25-13-24(14-25,15-25)22(31)29-19-4-1-16(12-27)2-5-19/h1-7,11,28H,8-10,12-15,27H2,(H,29,31)(H,30,32). The third-order valence-electron chi connectivity index (χ3n) is 7.09. The van der Waals surface area contributed by atoms with E-state index in [1.807, 2.05) is 30.3 Å². The Morgan fingerprint density at radius 1 is 1.00 bits per heavy atom. The molecule has 6 nitrogen and oxygen atoms in total. The van der Waals surface area contributed by atoms with Crippen LogP contribution in [0.25, 0.3) is 5.57 Å². The average Bonchev–Trinajstić information content (AvgIpc) is 2.74. The van der Waals surface area contributed by atoms with Crippen molar-refractivity contribution < 1.29 is 14.0 Å². The van der Waals surface area contributed by atoms with Crippen LogP contribution in [0.5, 0.6) is 0 Å². The van der Waals surface area contributed by atoms with Crippen LogP contribution in [0.15, 0.2) is 48.5 Å². The van der Waals surface area contributed by atoms with Gasteiger partial charge in [0.05, 0.1) is 16.5 Å². The van der Waals surface area contributed by atoms with E-state index >= 15 is 0 Å². The number of nitrogens with two attached hydrogens (primary N) is 1. The molecule has 2 amide bonds. The highest BCUT2D eigenvalue weighted by atomic mass is 19.1. The van der Waals surface area contributed by atoms with Crippen molar-refractivity contribution >= 4 is 28.8 Å². The highest BCUT2D eigenvalue weighted by Crippen LogP contribution is 2.73. The Morgan fingerprint density at radius 3 is 2.28 bits per heavy atom. The van der Waals surface area contributed by atoms with E-state index in [0.717, 1.165) is 41.9 Å². The Balaban J connectivity index is 1.18. The first kappa shape index (κ1) is 20.8. The molecule has 5 N–H and O–H groups in total. The number of anilines is 2. The zero-order chi connectivity index (χ0) is 22.3. The second-order valence-electron chi connectivity index (χ2n) is 9.28. The number of rotatable bonds is 6. The Morgan fingerprint density at radius 2 is 1.69 bits per heavy atom. The fourth-order valence-corrected chi connectivity index (χ4v) is 5.21. The predicted molar refractivity (Wildman–Crippen MR) is 122 cm³/mol. The van der Waals surface area contributed by atoms with Crippen LogP contribution in [0.1, 0.15) is 36.8 Å². The number of hydrogen-bond donors (Lipinski definition) is 4. The largest absolute Gasteiger partial charge is 0.326 e. The highest BCUT2D eigenvalue weighted by Gasteiger charge is 2.74. The summed E-state index contributed by atoms with van der Waals surface area (Å²) in [7, 11) is 0. The molecule has 32 heavy (non-hydrogen) atoms. The lowest BCUT2D eigenvalue weighted by Crippen LogP contribution is -2.70. The van der Waals surface area contributed by atoms with Gasteiger partial charge in [0.25, 0.3) is 0 Å². The molecule has 4 aliphatic rings. The van der Waals surface area contributed by atoms with Crippen molar-refractivity contribution in [3.8, 4) is 0 Å². The van der Waals surface area contributed by atoms with Crippen LogP contribution in [0.2, 0.25) is 0 Å². The van der Waals surface area contributed by atoms with Gasteiger partial charge in [-0.3, -0.25) is 9.59 Å². The van der Waals surface area contributed by atoms with E-state index in [0.29, 0.717) is 25.8 Å². The molecule has 0 unspecified atom stereocenters. The minimum absolute atomic E-state index is 0.0570. The molecule has 3 fully saturated rings. The number of nitrogens with one attached hydrogen (secondary N) is 3. The van der Waals surface area contributed by atoms with E-state index in [-0.39, 0.29) is 17.5 Å². The Bertz CT molecular complexity index is 1090. The molecular weight excluding hydrogens is 407 g/mol. The lowest BCUT2D eigenvalue weighted by atomic mass is 9.34. The maximum absolute atomic E-state index is 14.7. The Labute approximate surface area is 186 Å². The molecule has 2 aromatic rings. The van der Waals surface area contributed by atoms with E-state index in [2.05, 4.69) is 22.0 Å². The molecule has 0 radical (unpaired) electrons. The molecule has 7 heteroatoms. The first-order chi connectivity index (χ1) is 15.4. The lowest BCUT2D eigenvalue weighted by Gasteiger charge is -2.67. The summed E-state index contributed by atoms with van der Waals surface area (Å²) >= 11 is 0. The third kappa shape index (κ3) is 3.51. The van der Waals surface area contributed by atoms with Crippen molar-refractivity contribution in [3.05, 3.63) is 65.5 Å². The summed E-state index contributed by atoms with van der Waals surface area (Å²) < 4.78 is 14.7. The van der Waals surface area contributed by atoms with Crippen LogP contribution in [0, 0.1) is 16.6 Å². The monoisotopic (exact) mass is 434 g/mol. The van der Waals surface area contributed by atoms with Gasteiger partial charge in [0.1, 0.15) is 5.82 Å². The first-order valence-corrected chi connectivity index (χ1v) is 11.0. The molecule has 0 spiro atoms. The number of halogens is 1. The number of amides is 2. The second kappa shape index (κ2) is 7.83. The van der Waals surface area contributed by atoms with E-state index in [1.54, 1.807) is 6.07 Å². The zero-order valence-corrected chi connectivity index (χ0v) is 17.8. The zero-order valence-electron chi connectivity index (χ0n) is 17.8. The van der Waals surface area contributed by atoms with Gasteiger partial charge in [-0.05, 0) is 73.2 Å². The van der Waals surface area contributed by atoms with E-state index in [9.17, 15) is 14.0 Å². The molecular formula is C25H27FN4O2. The van der Waals surface area contributed by atoms with Gasteiger partial charge in [-0.2, -0.15) is 0 Å². The molecule has 0 saturated heterocycles. The van der Waals surface area contributed by atoms with Gasteiger partial charge in [0, 0.05) is 18.8 Å². The molecule has 1 aliphatic heterocycles.